The maximum absolute atomic E-state index is 11.6. The van der Waals surface area contributed by atoms with Crippen molar-refractivity contribution in [2.75, 3.05) is 20.2 Å². The standard InChI is InChI=1S/C17H32N2O2/c1-17(18,16(20)21-2)11-5-6-12-19-13-7-10-15(19)14-8-3-4-9-14/h14-15H,3-13,18H2,1-2H3. The molecule has 2 aliphatic rings. The van der Waals surface area contributed by atoms with Crippen molar-refractivity contribution in [2.24, 2.45) is 11.7 Å². The molecule has 0 bridgehead atoms. The van der Waals surface area contributed by atoms with E-state index in [1.807, 2.05) is 0 Å². The second-order valence-corrected chi connectivity index (χ2v) is 7.16. The van der Waals surface area contributed by atoms with Crippen LogP contribution in [0.1, 0.15) is 64.7 Å². The fourth-order valence-electron chi connectivity index (χ4n) is 4.15. The molecule has 0 amide bonds. The first kappa shape index (κ1) is 16.8. The minimum Gasteiger partial charge on any atom is -0.468 e. The highest BCUT2D eigenvalue weighted by molar-refractivity contribution is 5.79. The van der Waals surface area contributed by atoms with E-state index in [9.17, 15) is 4.79 Å². The lowest BCUT2D eigenvalue weighted by molar-refractivity contribution is -0.146. The third kappa shape index (κ3) is 4.43. The zero-order valence-corrected chi connectivity index (χ0v) is 13.8. The molecule has 0 aromatic rings. The van der Waals surface area contributed by atoms with Crippen LogP contribution < -0.4 is 5.73 Å². The average Bonchev–Trinajstić information content (AvgIpc) is 3.12. The predicted molar refractivity (Wildman–Crippen MR) is 85.0 cm³/mol. The van der Waals surface area contributed by atoms with Gasteiger partial charge in [0.25, 0.3) is 0 Å². The van der Waals surface area contributed by atoms with E-state index in [2.05, 4.69) is 4.90 Å². The van der Waals surface area contributed by atoms with E-state index in [1.54, 1.807) is 6.92 Å². The number of hydrogen-bond donors (Lipinski definition) is 1. The van der Waals surface area contributed by atoms with Crippen molar-refractivity contribution in [3.05, 3.63) is 0 Å². The maximum atomic E-state index is 11.6. The van der Waals surface area contributed by atoms with Gasteiger partial charge in [-0.3, -0.25) is 4.79 Å². The SMILES string of the molecule is COC(=O)C(C)(N)CCCCN1CCCC1C1CCCC1. The first-order chi connectivity index (χ1) is 10.0. The molecule has 1 saturated carbocycles. The fraction of sp³-hybridized carbons (Fsp3) is 0.941. The molecule has 0 spiro atoms. The van der Waals surface area contributed by atoms with Crippen LogP contribution in [0, 0.1) is 5.92 Å². The second-order valence-electron chi connectivity index (χ2n) is 7.16. The molecule has 1 saturated heterocycles. The molecule has 122 valence electrons. The molecule has 0 aromatic heterocycles. The summed E-state index contributed by atoms with van der Waals surface area (Å²) in [5.41, 5.74) is 5.17. The van der Waals surface area contributed by atoms with Crippen molar-refractivity contribution >= 4 is 5.97 Å². The number of methoxy groups -OCH3 is 1. The van der Waals surface area contributed by atoms with Crippen molar-refractivity contribution in [3.63, 3.8) is 0 Å². The number of nitrogens with two attached hydrogens (primary N) is 1. The summed E-state index contributed by atoms with van der Waals surface area (Å²) in [4.78, 5) is 14.2. The van der Waals surface area contributed by atoms with Crippen molar-refractivity contribution in [3.8, 4) is 0 Å². The molecule has 2 rings (SSSR count). The Morgan fingerprint density at radius 2 is 1.95 bits per heavy atom. The van der Waals surface area contributed by atoms with E-state index in [1.165, 1.54) is 58.7 Å². The minimum absolute atomic E-state index is 0.299. The number of carbonyl (C=O) groups is 1. The number of rotatable bonds is 7. The molecule has 4 heteroatoms. The summed E-state index contributed by atoms with van der Waals surface area (Å²) in [6, 6.07) is 0.831. The molecule has 0 aromatic carbocycles. The van der Waals surface area contributed by atoms with E-state index >= 15 is 0 Å². The van der Waals surface area contributed by atoms with Crippen LogP contribution >= 0.6 is 0 Å². The fourth-order valence-corrected chi connectivity index (χ4v) is 4.15. The lowest BCUT2D eigenvalue weighted by Crippen LogP contribution is -2.45. The van der Waals surface area contributed by atoms with Crippen LogP contribution in [0.2, 0.25) is 0 Å². The zero-order valence-electron chi connectivity index (χ0n) is 13.8. The number of carbonyl (C=O) groups excluding carboxylic acids is 1. The number of esters is 1. The Balaban J connectivity index is 1.69. The van der Waals surface area contributed by atoms with Gasteiger partial charge in [-0.05, 0) is 70.9 Å². The molecule has 2 atom stereocenters. The zero-order chi connectivity index (χ0) is 15.3. The minimum atomic E-state index is -0.829. The van der Waals surface area contributed by atoms with E-state index in [4.69, 9.17) is 10.5 Å². The highest BCUT2D eigenvalue weighted by atomic mass is 16.5. The van der Waals surface area contributed by atoms with Gasteiger partial charge in [-0.25, -0.2) is 0 Å². The van der Waals surface area contributed by atoms with Crippen molar-refractivity contribution in [1.82, 2.24) is 4.90 Å². The molecule has 4 nitrogen and oxygen atoms in total. The Hall–Kier alpha value is -0.610. The van der Waals surface area contributed by atoms with Crippen LogP contribution in [-0.2, 0) is 9.53 Å². The van der Waals surface area contributed by atoms with Crippen LogP contribution in [0.5, 0.6) is 0 Å². The first-order valence-electron chi connectivity index (χ1n) is 8.66. The topological polar surface area (TPSA) is 55.6 Å². The summed E-state index contributed by atoms with van der Waals surface area (Å²) in [6.07, 6.45) is 11.3. The monoisotopic (exact) mass is 296 g/mol. The third-order valence-corrected chi connectivity index (χ3v) is 5.40. The number of hydrogen-bond acceptors (Lipinski definition) is 4. The van der Waals surface area contributed by atoms with Gasteiger partial charge in [-0.1, -0.05) is 12.8 Å². The normalized spacial score (nSPS) is 26.9. The van der Waals surface area contributed by atoms with Gasteiger partial charge in [-0.2, -0.15) is 0 Å². The number of nitrogens with zero attached hydrogens (tertiary/aromatic N) is 1. The van der Waals surface area contributed by atoms with Gasteiger partial charge in [0.1, 0.15) is 5.54 Å². The molecule has 1 aliphatic carbocycles. The smallest absolute Gasteiger partial charge is 0.325 e. The Morgan fingerprint density at radius 1 is 1.24 bits per heavy atom. The van der Waals surface area contributed by atoms with Crippen molar-refractivity contribution in [2.45, 2.75) is 76.3 Å². The summed E-state index contributed by atoms with van der Waals surface area (Å²) >= 11 is 0. The van der Waals surface area contributed by atoms with Gasteiger partial charge < -0.3 is 15.4 Å². The van der Waals surface area contributed by atoms with Crippen LogP contribution in [0.15, 0.2) is 0 Å². The van der Waals surface area contributed by atoms with E-state index < -0.39 is 5.54 Å². The quantitative estimate of drug-likeness (QED) is 0.580. The van der Waals surface area contributed by atoms with Crippen LogP contribution in [-0.4, -0.2) is 42.6 Å². The second kappa shape index (κ2) is 7.59. The van der Waals surface area contributed by atoms with Gasteiger partial charge in [0.2, 0.25) is 0 Å². The molecule has 2 fully saturated rings. The summed E-state index contributed by atoms with van der Waals surface area (Å²) < 4.78 is 4.76. The van der Waals surface area contributed by atoms with Gasteiger partial charge in [-0.15, -0.1) is 0 Å². The van der Waals surface area contributed by atoms with Crippen LogP contribution in [0.4, 0.5) is 0 Å². The third-order valence-electron chi connectivity index (χ3n) is 5.40. The van der Waals surface area contributed by atoms with Gasteiger partial charge in [0.05, 0.1) is 7.11 Å². The summed E-state index contributed by atoms with van der Waals surface area (Å²) in [5, 5.41) is 0. The lowest BCUT2D eigenvalue weighted by atomic mass is 9.94. The number of ether oxygens (including phenoxy) is 1. The Labute approximate surface area is 129 Å². The Morgan fingerprint density at radius 3 is 2.62 bits per heavy atom. The van der Waals surface area contributed by atoms with Gasteiger partial charge >= 0.3 is 5.97 Å². The number of unbranched alkanes of at least 4 members (excludes halogenated alkanes) is 1. The summed E-state index contributed by atoms with van der Waals surface area (Å²) in [7, 11) is 1.41. The Bertz CT molecular complexity index is 338. The van der Waals surface area contributed by atoms with E-state index in [0.29, 0.717) is 6.42 Å². The molecule has 1 heterocycles. The lowest BCUT2D eigenvalue weighted by Gasteiger charge is -2.29. The first-order valence-corrected chi connectivity index (χ1v) is 8.66. The van der Waals surface area contributed by atoms with Gasteiger partial charge in [0.15, 0.2) is 0 Å². The predicted octanol–water partition coefficient (Wildman–Crippen LogP) is 2.70. The van der Waals surface area contributed by atoms with E-state index in [0.717, 1.165) is 24.8 Å². The highest BCUT2D eigenvalue weighted by Crippen LogP contribution is 2.35. The van der Waals surface area contributed by atoms with E-state index in [-0.39, 0.29) is 5.97 Å². The molecular formula is C17H32N2O2. The van der Waals surface area contributed by atoms with Crippen LogP contribution in [0.3, 0.4) is 0 Å². The maximum Gasteiger partial charge on any atom is 0.325 e. The average molecular weight is 296 g/mol. The largest absolute Gasteiger partial charge is 0.468 e. The van der Waals surface area contributed by atoms with Gasteiger partial charge in [0, 0.05) is 6.04 Å². The van der Waals surface area contributed by atoms with Crippen LogP contribution in [0.25, 0.3) is 0 Å². The van der Waals surface area contributed by atoms with Crippen molar-refractivity contribution < 1.29 is 9.53 Å². The number of likely N-dealkylation sites (tertiary alicyclic amines) is 1. The Kier molecular flexibility index (Phi) is 6.06. The molecule has 0 radical (unpaired) electrons. The molecular weight excluding hydrogens is 264 g/mol. The molecule has 2 N–H and O–H groups in total. The van der Waals surface area contributed by atoms with Crippen molar-refractivity contribution in [1.29, 1.82) is 0 Å². The highest BCUT2D eigenvalue weighted by Gasteiger charge is 2.33. The molecule has 21 heavy (non-hydrogen) atoms. The summed E-state index contributed by atoms with van der Waals surface area (Å²) in [5.74, 6) is 0.648. The molecule has 2 unspecified atom stereocenters. The molecule has 1 aliphatic heterocycles. The summed E-state index contributed by atoms with van der Waals surface area (Å²) in [6.45, 7) is 4.20.